The molecule has 6 heteroatoms. The summed E-state index contributed by atoms with van der Waals surface area (Å²) in [6.45, 7) is 2.02. The third kappa shape index (κ3) is 5.44. The minimum absolute atomic E-state index is 0.0399. The third-order valence-electron chi connectivity index (χ3n) is 3.44. The van der Waals surface area contributed by atoms with Crippen molar-refractivity contribution in [3.8, 4) is 0 Å². The maximum Gasteiger partial charge on any atom is 0.220 e. The summed E-state index contributed by atoms with van der Waals surface area (Å²) in [6.07, 6.45) is 1.17. The van der Waals surface area contributed by atoms with E-state index in [0.717, 1.165) is 16.5 Å². The maximum absolute atomic E-state index is 12.1. The highest BCUT2D eigenvalue weighted by atomic mass is 79.9. The molecule has 1 atom stereocenters. The smallest absolute Gasteiger partial charge is 0.220 e. The number of Topliss-reactive ketones (excluding diaryl/α,β-unsaturated/α-hetero) is 1. The predicted octanol–water partition coefficient (Wildman–Crippen LogP) is 5.39. The summed E-state index contributed by atoms with van der Waals surface area (Å²) >= 11 is 10.5. The van der Waals surface area contributed by atoms with Crippen LogP contribution in [0.25, 0.3) is 0 Å². The van der Waals surface area contributed by atoms with Crippen molar-refractivity contribution in [1.29, 1.82) is 0 Å². The minimum atomic E-state index is -0.115. The fourth-order valence-electron chi connectivity index (χ4n) is 2.20. The van der Waals surface area contributed by atoms with Gasteiger partial charge in [-0.3, -0.25) is 9.59 Å². The third-order valence-corrected chi connectivity index (χ3v) is 5.24. The van der Waals surface area contributed by atoms with Crippen molar-refractivity contribution in [3.63, 3.8) is 0 Å². The molecule has 0 fully saturated rings. The average Bonchev–Trinajstić information content (AvgIpc) is 2.98. The van der Waals surface area contributed by atoms with E-state index in [0.29, 0.717) is 9.21 Å². The van der Waals surface area contributed by atoms with Crippen LogP contribution < -0.4 is 5.32 Å². The summed E-state index contributed by atoms with van der Waals surface area (Å²) in [5.41, 5.74) is 1.06. The summed E-state index contributed by atoms with van der Waals surface area (Å²) < 4.78 is 1.58. The molecule has 122 valence electrons. The highest BCUT2D eigenvalue weighted by molar-refractivity contribution is 9.10. The molecular formula is C17H17BrClNO2S. The van der Waals surface area contributed by atoms with Crippen molar-refractivity contribution >= 4 is 50.6 Å². The van der Waals surface area contributed by atoms with Crippen molar-refractivity contribution in [2.75, 3.05) is 0 Å². The Morgan fingerprint density at radius 3 is 2.43 bits per heavy atom. The lowest BCUT2D eigenvalue weighted by Gasteiger charge is -2.17. The molecule has 1 unspecified atom stereocenters. The van der Waals surface area contributed by atoms with E-state index in [1.54, 1.807) is 12.1 Å². The van der Waals surface area contributed by atoms with Gasteiger partial charge in [0.1, 0.15) is 0 Å². The number of thiophene rings is 1. The molecule has 0 spiro atoms. The van der Waals surface area contributed by atoms with Gasteiger partial charge in [0.05, 0.1) is 15.3 Å². The van der Waals surface area contributed by atoms with Crippen LogP contribution in [0.5, 0.6) is 0 Å². The van der Waals surface area contributed by atoms with E-state index in [4.69, 9.17) is 11.6 Å². The number of hydrogen-bond acceptors (Lipinski definition) is 3. The molecule has 1 N–H and O–H groups in total. The van der Waals surface area contributed by atoms with Gasteiger partial charge in [0.25, 0.3) is 0 Å². The Morgan fingerprint density at radius 2 is 1.87 bits per heavy atom. The normalized spacial score (nSPS) is 12.0. The monoisotopic (exact) mass is 413 g/mol. The zero-order valence-corrected chi connectivity index (χ0v) is 15.8. The molecule has 3 nitrogen and oxygen atoms in total. The first-order valence-electron chi connectivity index (χ1n) is 7.33. The van der Waals surface area contributed by atoms with Crippen LogP contribution in [0.15, 0.2) is 40.9 Å². The first-order chi connectivity index (χ1) is 11.0. The Hall–Kier alpha value is -1.17. The highest BCUT2D eigenvalue weighted by Crippen LogP contribution is 2.23. The molecule has 0 radical (unpaired) electrons. The number of halogens is 2. The van der Waals surface area contributed by atoms with Crippen LogP contribution in [-0.4, -0.2) is 11.7 Å². The van der Waals surface area contributed by atoms with Gasteiger partial charge in [-0.2, -0.15) is 0 Å². The molecule has 1 aromatic heterocycles. The summed E-state index contributed by atoms with van der Waals surface area (Å²) in [5.74, 6) is -0.162. The summed E-state index contributed by atoms with van der Waals surface area (Å²) in [7, 11) is 0. The van der Waals surface area contributed by atoms with E-state index in [9.17, 15) is 9.59 Å². The minimum Gasteiger partial charge on any atom is -0.349 e. The van der Waals surface area contributed by atoms with E-state index in [2.05, 4.69) is 21.2 Å². The Kier molecular flexibility index (Phi) is 6.81. The Labute approximate surface area is 153 Å². The van der Waals surface area contributed by atoms with Gasteiger partial charge in [0.15, 0.2) is 5.78 Å². The van der Waals surface area contributed by atoms with Crippen LogP contribution >= 0.6 is 38.9 Å². The molecule has 0 bridgehead atoms. The number of hydrogen-bond donors (Lipinski definition) is 1. The number of carbonyl (C=O) groups is 2. The molecule has 23 heavy (non-hydrogen) atoms. The molecule has 0 aliphatic heterocycles. The number of nitrogens with one attached hydrogen (secondary N) is 1. The fraction of sp³-hybridized carbons (Fsp3) is 0.294. The summed E-state index contributed by atoms with van der Waals surface area (Å²) in [6, 6.07) is 11.2. The highest BCUT2D eigenvalue weighted by Gasteiger charge is 2.15. The largest absolute Gasteiger partial charge is 0.349 e. The first-order valence-corrected chi connectivity index (χ1v) is 9.31. The van der Waals surface area contributed by atoms with Gasteiger partial charge in [0, 0.05) is 17.3 Å². The molecule has 1 amide bonds. The van der Waals surface area contributed by atoms with Gasteiger partial charge < -0.3 is 5.32 Å². The van der Waals surface area contributed by atoms with Gasteiger partial charge in [0.2, 0.25) is 5.91 Å². The van der Waals surface area contributed by atoms with Crippen LogP contribution in [0.1, 0.15) is 47.5 Å². The maximum atomic E-state index is 12.1. The topological polar surface area (TPSA) is 46.2 Å². The number of carbonyl (C=O) groups excluding carboxylic acids is 2. The van der Waals surface area contributed by atoms with Gasteiger partial charge in [-0.15, -0.1) is 11.3 Å². The number of ketones is 1. The number of rotatable bonds is 7. The van der Waals surface area contributed by atoms with Crippen LogP contribution in [0.2, 0.25) is 4.34 Å². The second-order valence-corrected chi connectivity index (χ2v) is 7.74. The van der Waals surface area contributed by atoms with E-state index < -0.39 is 0 Å². The van der Waals surface area contributed by atoms with Crippen molar-refractivity contribution in [2.45, 2.75) is 32.2 Å². The second-order valence-electron chi connectivity index (χ2n) is 5.11. The Balaban J connectivity index is 1.87. The lowest BCUT2D eigenvalue weighted by atomic mass is 10.0. The van der Waals surface area contributed by atoms with Gasteiger partial charge in [-0.05, 0) is 36.2 Å². The predicted molar refractivity (Wildman–Crippen MR) is 98.2 cm³/mol. The Morgan fingerprint density at radius 1 is 1.17 bits per heavy atom. The van der Waals surface area contributed by atoms with Crippen LogP contribution in [-0.2, 0) is 4.79 Å². The number of amides is 1. The quantitative estimate of drug-likeness (QED) is 0.617. The molecular weight excluding hydrogens is 398 g/mol. The lowest BCUT2D eigenvalue weighted by molar-refractivity contribution is -0.121. The van der Waals surface area contributed by atoms with Gasteiger partial charge >= 0.3 is 0 Å². The van der Waals surface area contributed by atoms with Crippen LogP contribution in [0.4, 0.5) is 0 Å². The lowest BCUT2D eigenvalue weighted by Crippen LogP contribution is -2.28. The molecule has 2 aromatic rings. The van der Waals surface area contributed by atoms with Gasteiger partial charge in [-0.25, -0.2) is 0 Å². The average molecular weight is 415 g/mol. The molecule has 0 aliphatic carbocycles. The Bertz CT molecular complexity index is 684. The molecule has 0 saturated heterocycles. The van der Waals surface area contributed by atoms with Crippen LogP contribution in [0.3, 0.4) is 0 Å². The molecule has 1 aromatic carbocycles. The second kappa shape index (κ2) is 8.62. The number of benzene rings is 1. The first kappa shape index (κ1) is 18.2. The van der Waals surface area contributed by atoms with Gasteiger partial charge in [-0.1, -0.05) is 46.6 Å². The van der Waals surface area contributed by atoms with Crippen molar-refractivity contribution < 1.29 is 9.59 Å². The van der Waals surface area contributed by atoms with E-state index >= 15 is 0 Å². The standard InChI is InChI=1S/C17H17BrClNO2S/c1-2-13(11-3-5-12(18)6-4-11)20-17(22)10-7-14(21)15-8-9-16(19)23-15/h3-6,8-9,13H,2,7,10H2,1H3,(H,20,22). The molecule has 2 rings (SSSR count). The van der Waals surface area contributed by atoms with E-state index in [-0.39, 0.29) is 30.6 Å². The van der Waals surface area contributed by atoms with E-state index in [1.165, 1.54) is 11.3 Å². The zero-order valence-electron chi connectivity index (χ0n) is 12.6. The zero-order chi connectivity index (χ0) is 16.8. The SMILES string of the molecule is CCC(NC(=O)CCC(=O)c1ccc(Cl)s1)c1ccc(Br)cc1. The molecule has 0 saturated carbocycles. The van der Waals surface area contributed by atoms with Crippen molar-refractivity contribution in [3.05, 3.63) is 55.6 Å². The van der Waals surface area contributed by atoms with Crippen molar-refractivity contribution in [1.82, 2.24) is 5.32 Å². The molecule has 1 heterocycles. The fourth-order valence-corrected chi connectivity index (χ4v) is 3.47. The van der Waals surface area contributed by atoms with E-state index in [1.807, 2.05) is 31.2 Å². The van der Waals surface area contributed by atoms with Crippen LogP contribution in [0, 0.1) is 0 Å². The summed E-state index contributed by atoms with van der Waals surface area (Å²) in [4.78, 5) is 24.7. The van der Waals surface area contributed by atoms with Crippen molar-refractivity contribution in [2.24, 2.45) is 0 Å². The summed E-state index contributed by atoms with van der Waals surface area (Å²) in [5, 5.41) is 2.99. The molecule has 0 aliphatic rings.